The topological polar surface area (TPSA) is 28.2 Å². The molecule has 1 unspecified atom stereocenters. The Morgan fingerprint density at radius 3 is 2.80 bits per heavy atom. The van der Waals surface area contributed by atoms with Gasteiger partial charge < -0.3 is 10.2 Å². The Morgan fingerprint density at radius 2 is 2.20 bits per heavy atom. The summed E-state index contributed by atoms with van der Waals surface area (Å²) < 4.78 is 38.3. The molecule has 0 radical (unpaired) electrons. The van der Waals surface area contributed by atoms with Crippen LogP contribution in [0, 0.1) is 5.92 Å². The quantitative estimate of drug-likeness (QED) is 0.923. The van der Waals surface area contributed by atoms with Gasteiger partial charge in [-0.1, -0.05) is 13.0 Å². The van der Waals surface area contributed by atoms with E-state index in [4.69, 9.17) is 0 Å². The number of piperidine rings is 1. The minimum atomic E-state index is -4.11. The van der Waals surface area contributed by atoms with Gasteiger partial charge in [-0.15, -0.1) is 0 Å². The molecule has 3 nitrogen and oxygen atoms in total. The molecule has 2 rings (SSSR count). The van der Waals surface area contributed by atoms with E-state index < -0.39 is 12.1 Å². The van der Waals surface area contributed by atoms with Crippen molar-refractivity contribution < 1.29 is 13.2 Å². The van der Waals surface area contributed by atoms with E-state index in [1.54, 1.807) is 11.1 Å². The molecule has 1 saturated heterocycles. The SMILES string of the molecule is CCNCc1ccc(N2CCCC(C(F)(F)F)C2)nc1. The number of alkyl halides is 3. The number of pyridine rings is 1. The van der Waals surface area contributed by atoms with Crippen molar-refractivity contribution in [3.63, 3.8) is 0 Å². The van der Waals surface area contributed by atoms with Gasteiger partial charge >= 0.3 is 6.18 Å². The lowest BCUT2D eigenvalue weighted by Crippen LogP contribution is -2.42. The number of nitrogens with one attached hydrogen (secondary N) is 1. The lowest BCUT2D eigenvalue weighted by Gasteiger charge is -2.34. The largest absolute Gasteiger partial charge is 0.393 e. The Balaban J connectivity index is 2.00. The number of hydrogen-bond donors (Lipinski definition) is 1. The van der Waals surface area contributed by atoms with E-state index >= 15 is 0 Å². The maximum atomic E-state index is 12.8. The van der Waals surface area contributed by atoms with Crippen molar-refractivity contribution in [1.29, 1.82) is 0 Å². The third-order valence-electron chi connectivity index (χ3n) is 3.60. The van der Waals surface area contributed by atoms with Crippen molar-refractivity contribution in [2.24, 2.45) is 5.92 Å². The minimum Gasteiger partial charge on any atom is -0.356 e. The fourth-order valence-corrected chi connectivity index (χ4v) is 2.43. The molecule has 0 aromatic carbocycles. The zero-order valence-electron chi connectivity index (χ0n) is 11.6. The number of nitrogens with zero attached hydrogens (tertiary/aromatic N) is 2. The molecule has 0 spiro atoms. The van der Waals surface area contributed by atoms with Gasteiger partial charge in [0.25, 0.3) is 0 Å². The van der Waals surface area contributed by atoms with Gasteiger partial charge in [0.05, 0.1) is 5.92 Å². The first kappa shape index (κ1) is 15.1. The first-order valence-electron chi connectivity index (χ1n) is 6.98. The van der Waals surface area contributed by atoms with Gasteiger partial charge in [0.2, 0.25) is 0 Å². The highest BCUT2D eigenvalue weighted by Crippen LogP contribution is 2.34. The van der Waals surface area contributed by atoms with Crippen molar-refractivity contribution in [2.75, 3.05) is 24.5 Å². The highest BCUT2D eigenvalue weighted by atomic mass is 19.4. The van der Waals surface area contributed by atoms with Crippen LogP contribution in [-0.4, -0.2) is 30.8 Å². The van der Waals surface area contributed by atoms with Gasteiger partial charge in [0.15, 0.2) is 0 Å². The van der Waals surface area contributed by atoms with E-state index in [1.165, 1.54) is 0 Å². The molecule has 1 aromatic rings. The van der Waals surface area contributed by atoms with Crippen LogP contribution in [0.25, 0.3) is 0 Å². The predicted octanol–water partition coefficient (Wildman–Crippen LogP) is 2.97. The fourth-order valence-electron chi connectivity index (χ4n) is 2.43. The van der Waals surface area contributed by atoms with Crippen molar-refractivity contribution in [2.45, 2.75) is 32.5 Å². The van der Waals surface area contributed by atoms with Crippen molar-refractivity contribution >= 4 is 5.82 Å². The number of halogens is 3. The average Bonchev–Trinajstić information content (AvgIpc) is 2.45. The van der Waals surface area contributed by atoms with Crippen LogP contribution >= 0.6 is 0 Å². The van der Waals surface area contributed by atoms with E-state index in [0.29, 0.717) is 18.8 Å². The molecule has 1 aromatic heterocycles. The van der Waals surface area contributed by atoms with Crippen molar-refractivity contribution in [3.05, 3.63) is 23.9 Å². The number of hydrogen-bond acceptors (Lipinski definition) is 3. The Kier molecular flexibility index (Phi) is 4.86. The van der Waals surface area contributed by atoms with E-state index in [9.17, 15) is 13.2 Å². The molecule has 112 valence electrons. The zero-order chi connectivity index (χ0) is 14.6. The fraction of sp³-hybridized carbons (Fsp3) is 0.643. The van der Waals surface area contributed by atoms with Gasteiger partial charge in [-0.25, -0.2) is 4.98 Å². The Morgan fingerprint density at radius 1 is 1.40 bits per heavy atom. The second-order valence-corrected chi connectivity index (χ2v) is 5.13. The summed E-state index contributed by atoms with van der Waals surface area (Å²) in [5, 5.41) is 3.19. The van der Waals surface area contributed by atoms with Crippen LogP contribution in [-0.2, 0) is 6.54 Å². The first-order chi connectivity index (χ1) is 9.50. The maximum absolute atomic E-state index is 12.8. The Bertz CT molecular complexity index is 417. The molecule has 0 saturated carbocycles. The lowest BCUT2D eigenvalue weighted by molar-refractivity contribution is -0.176. The molecule has 0 bridgehead atoms. The molecule has 0 amide bonds. The van der Waals surface area contributed by atoms with Crippen LogP contribution in [0.5, 0.6) is 0 Å². The standard InChI is InChI=1S/C14H20F3N3/c1-2-18-8-11-5-6-13(19-9-11)20-7-3-4-12(10-20)14(15,16)17/h5-6,9,12,18H,2-4,7-8,10H2,1H3. The molecule has 2 heterocycles. The van der Waals surface area contributed by atoms with E-state index in [1.807, 2.05) is 19.1 Å². The molecular formula is C14H20F3N3. The minimum absolute atomic E-state index is 0.0169. The number of anilines is 1. The molecular weight excluding hydrogens is 267 g/mol. The molecule has 20 heavy (non-hydrogen) atoms. The Labute approximate surface area is 117 Å². The zero-order valence-corrected chi connectivity index (χ0v) is 11.6. The Hall–Kier alpha value is -1.30. The second-order valence-electron chi connectivity index (χ2n) is 5.13. The summed E-state index contributed by atoms with van der Waals surface area (Å²) in [4.78, 5) is 6.03. The van der Waals surface area contributed by atoms with E-state index in [2.05, 4.69) is 10.3 Å². The summed E-state index contributed by atoms with van der Waals surface area (Å²) in [6.45, 7) is 4.29. The maximum Gasteiger partial charge on any atom is 0.393 e. The van der Waals surface area contributed by atoms with Gasteiger partial charge in [0, 0.05) is 25.8 Å². The van der Waals surface area contributed by atoms with Crippen molar-refractivity contribution in [1.82, 2.24) is 10.3 Å². The molecule has 1 atom stereocenters. The molecule has 0 aliphatic carbocycles. The molecule has 1 fully saturated rings. The first-order valence-corrected chi connectivity index (χ1v) is 6.98. The number of rotatable bonds is 4. The van der Waals surface area contributed by atoms with Gasteiger partial charge in [-0.05, 0) is 31.0 Å². The van der Waals surface area contributed by atoms with Crippen LogP contribution in [0.1, 0.15) is 25.3 Å². The van der Waals surface area contributed by atoms with Crippen LogP contribution in [0.4, 0.5) is 19.0 Å². The van der Waals surface area contributed by atoms with Crippen LogP contribution < -0.4 is 10.2 Å². The van der Waals surface area contributed by atoms with Crippen molar-refractivity contribution in [3.8, 4) is 0 Å². The summed E-state index contributed by atoms with van der Waals surface area (Å²) in [5.74, 6) is -0.598. The summed E-state index contributed by atoms with van der Waals surface area (Å²) in [6, 6.07) is 3.73. The summed E-state index contributed by atoms with van der Waals surface area (Å²) in [6.07, 6.45) is -1.59. The molecule has 1 N–H and O–H groups in total. The third-order valence-corrected chi connectivity index (χ3v) is 3.60. The normalized spacial score (nSPS) is 20.2. The highest BCUT2D eigenvalue weighted by Gasteiger charge is 2.41. The molecule has 6 heteroatoms. The highest BCUT2D eigenvalue weighted by molar-refractivity contribution is 5.40. The smallest absolute Gasteiger partial charge is 0.356 e. The van der Waals surface area contributed by atoms with E-state index in [0.717, 1.165) is 18.7 Å². The van der Waals surface area contributed by atoms with Crippen LogP contribution in [0.2, 0.25) is 0 Å². The van der Waals surface area contributed by atoms with Gasteiger partial charge in [-0.2, -0.15) is 13.2 Å². The second kappa shape index (κ2) is 6.43. The van der Waals surface area contributed by atoms with Gasteiger partial charge in [0.1, 0.15) is 5.82 Å². The third kappa shape index (κ3) is 3.85. The summed E-state index contributed by atoms with van der Waals surface area (Å²) in [5.41, 5.74) is 1.04. The predicted molar refractivity (Wildman–Crippen MR) is 72.6 cm³/mol. The molecule has 1 aliphatic rings. The van der Waals surface area contributed by atoms with Gasteiger partial charge in [-0.3, -0.25) is 0 Å². The average molecular weight is 287 g/mol. The monoisotopic (exact) mass is 287 g/mol. The summed E-state index contributed by atoms with van der Waals surface area (Å²) in [7, 11) is 0. The van der Waals surface area contributed by atoms with E-state index in [-0.39, 0.29) is 13.0 Å². The number of aromatic nitrogens is 1. The summed E-state index contributed by atoms with van der Waals surface area (Å²) >= 11 is 0. The van der Waals surface area contributed by atoms with Crippen LogP contribution in [0.3, 0.4) is 0 Å². The molecule has 1 aliphatic heterocycles. The van der Waals surface area contributed by atoms with Crippen LogP contribution in [0.15, 0.2) is 18.3 Å². The lowest BCUT2D eigenvalue weighted by atomic mass is 9.97.